The monoisotopic (exact) mass is 233 g/mol. The zero-order chi connectivity index (χ0) is 11.8. The van der Waals surface area contributed by atoms with E-state index in [4.69, 9.17) is 10.5 Å². The molecule has 0 aromatic carbocycles. The quantitative estimate of drug-likeness (QED) is 0.840. The van der Waals surface area contributed by atoms with Crippen LogP contribution in [0, 0.1) is 11.8 Å². The summed E-state index contributed by atoms with van der Waals surface area (Å²) in [5.41, 5.74) is 6.34. The molecule has 17 heavy (non-hydrogen) atoms. The van der Waals surface area contributed by atoms with Crippen molar-refractivity contribution in [3.63, 3.8) is 0 Å². The van der Waals surface area contributed by atoms with Crippen LogP contribution in [0.25, 0.3) is 0 Å². The number of fused-ring (bicyclic) bond motifs is 2. The van der Waals surface area contributed by atoms with Crippen molar-refractivity contribution in [2.24, 2.45) is 11.8 Å². The number of hydrogen-bond donors (Lipinski definition) is 2. The molecule has 2 bridgehead atoms. The van der Waals surface area contributed by atoms with E-state index in [0.29, 0.717) is 17.6 Å². The molecular formula is C13H19N3O. The van der Waals surface area contributed by atoms with Crippen molar-refractivity contribution in [1.82, 2.24) is 4.98 Å². The standard InChI is InChI=1S/C13H19N3O/c1-17-13-10(14)4-5-12(16-13)15-11-7-8-2-3-9(11)6-8/h4-5,8-9,11H,2-3,6-7,14H2,1H3,(H,15,16). The lowest BCUT2D eigenvalue weighted by atomic mass is 9.95. The first kappa shape index (κ1) is 10.7. The minimum absolute atomic E-state index is 0.512. The number of nitrogen functional groups attached to an aromatic ring is 1. The molecule has 3 rings (SSSR count). The molecule has 2 aliphatic rings. The summed E-state index contributed by atoms with van der Waals surface area (Å²) in [6, 6.07) is 4.38. The van der Waals surface area contributed by atoms with E-state index in [-0.39, 0.29) is 0 Å². The summed E-state index contributed by atoms with van der Waals surface area (Å²) in [4.78, 5) is 4.38. The predicted molar refractivity (Wildman–Crippen MR) is 68.1 cm³/mol. The highest BCUT2D eigenvalue weighted by Crippen LogP contribution is 2.45. The van der Waals surface area contributed by atoms with E-state index >= 15 is 0 Å². The van der Waals surface area contributed by atoms with Gasteiger partial charge in [-0.25, -0.2) is 0 Å². The fraction of sp³-hybridized carbons (Fsp3) is 0.615. The van der Waals surface area contributed by atoms with Gasteiger partial charge in [0.25, 0.3) is 0 Å². The van der Waals surface area contributed by atoms with Crippen LogP contribution < -0.4 is 15.8 Å². The summed E-state index contributed by atoms with van der Waals surface area (Å²) in [6.45, 7) is 0. The minimum atomic E-state index is 0.512. The number of rotatable bonds is 3. The normalized spacial score (nSPS) is 30.5. The Hall–Kier alpha value is -1.45. The fourth-order valence-electron chi connectivity index (χ4n) is 3.31. The van der Waals surface area contributed by atoms with Crippen LogP contribution >= 0.6 is 0 Å². The van der Waals surface area contributed by atoms with Crippen LogP contribution in [0.15, 0.2) is 12.1 Å². The Balaban J connectivity index is 1.73. The average Bonchev–Trinajstić information content (AvgIpc) is 2.93. The van der Waals surface area contributed by atoms with Gasteiger partial charge in [0.15, 0.2) is 0 Å². The Labute approximate surface area is 102 Å². The number of methoxy groups -OCH3 is 1. The number of pyridine rings is 1. The van der Waals surface area contributed by atoms with Crippen molar-refractivity contribution in [3.8, 4) is 5.88 Å². The van der Waals surface area contributed by atoms with Gasteiger partial charge in [0.05, 0.1) is 12.8 Å². The highest BCUT2D eigenvalue weighted by molar-refractivity contribution is 5.53. The summed E-state index contributed by atoms with van der Waals surface area (Å²) >= 11 is 0. The third-order valence-electron chi connectivity index (χ3n) is 4.15. The van der Waals surface area contributed by atoms with Gasteiger partial charge in [-0.2, -0.15) is 4.98 Å². The molecule has 0 spiro atoms. The number of anilines is 2. The molecule has 3 unspecified atom stereocenters. The second kappa shape index (κ2) is 4.09. The molecule has 2 saturated carbocycles. The van der Waals surface area contributed by atoms with E-state index in [1.165, 1.54) is 25.7 Å². The smallest absolute Gasteiger partial charge is 0.238 e. The molecule has 0 amide bonds. The highest BCUT2D eigenvalue weighted by atomic mass is 16.5. The van der Waals surface area contributed by atoms with Gasteiger partial charge in [-0.15, -0.1) is 0 Å². The summed E-state index contributed by atoms with van der Waals surface area (Å²) in [5, 5.41) is 3.53. The fourth-order valence-corrected chi connectivity index (χ4v) is 3.31. The van der Waals surface area contributed by atoms with E-state index in [9.17, 15) is 0 Å². The van der Waals surface area contributed by atoms with E-state index in [1.54, 1.807) is 7.11 Å². The van der Waals surface area contributed by atoms with Crippen LogP contribution in [0.5, 0.6) is 5.88 Å². The molecule has 0 radical (unpaired) electrons. The predicted octanol–water partition coefficient (Wildman–Crippen LogP) is 2.27. The number of aromatic nitrogens is 1. The molecule has 3 atom stereocenters. The lowest BCUT2D eigenvalue weighted by Crippen LogP contribution is -2.26. The number of nitrogens with one attached hydrogen (secondary N) is 1. The van der Waals surface area contributed by atoms with Gasteiger partial charge >= 0.3 is 0 Å². The molecule has 4 nitrogen and oxygen atoms in total. The van der Waals surface area contributed by atoms with Gasteiger partial charge in [0.2, 0.25) is 5.88 Å². The summed E-state index contributed by atoms with van der Waals surface area (Å²) in [7, 11) is 1.60. The average molecular weight is 233 g/mol. The largest absolute Gasteiger partial charge is 0.479 e. The molecule has 3 N–H and O–H groups in total. The van der Waals surface area contributed by atoms with Crippen LogP contribution in [0.2, 0.25) is 0 Å². The second-order valence-corrected chi connectivity index (χ2v) is 5.22. The molecule has 1 aromatic rings. The van der Waals surface area contributed by atoms with Gasteiger partial charge in [0, 0.05) is 6.04 Å². The van der Waals surface area contributed by atoms with Crippen molar-refractivity contribution >= 4 is 11.5 Å². The van der Waals surface area contributed by atoms with Crippen LogP contribution in [0.3, 0.4) is 0 Å². The Morgan fingerprint density at radius 3 is 2.88 bits per heavy atom. The van der Waals surface area contributed by atoms with Crippen molar-refractivity contribution < 1.29 is 4.74 Å². The highest BCUT2D eigenvalue weighted by Gasteiger charge is 2.39. The maximum absolute atomic E-state index is 5.75. The molecule has 1 heterocycles. The molecule has 2 fully saturated rings. The first-order valence-electron chi connectivity index (χ1n) is 6.33. The molecule has 0 saturated heterocycles. The third-order valence-corrected chi connectivity index (χ3v) is 4.15. The second-order valence-electron chi connectivity index (χ2n) is 5.22. The van der Waals surface area contributed by atoms with E-state index in [0.717, 1.165) is 17.7 Å². The maximum Gasteiger partial charge on any atom is 0.238 e. The summed E-state index contributed by atoms with van der Waals surface area (Å²) in [6.07, 6.45) is 5.47. The third kappa shape index (κ3) is 1.92. The molecular weight excluding hydrogens is 214 g/mol. The van der Waals surface area contributed by atoms with E-state index in [2.05, 4.69) is 10.3 Å². The van der Waals surface area contributed by atoms with E-state index < -0.39 is 0 Å². The first-order valence-corrected chi connectivity index (χ1v) is 6.33. The van der Waals surface area contributed by atoms with Crippen LogP contribution in [0.1, 0.15) is 25.7 Å². The molecule has 1 aromatic heterocycles. The number of ether oxygens (including phenoxy) is 1. The van der Waals surface area contributed by atoms with Crippen LogP contribution in [-0.2, 0) is 0 Å². The first-order chi connectivity index (χ1) is 8.26. The molecule has 2 aliphatic carbocycles. The number of nitrogens with two attached hydrogens (primary N) is 1. The Morgan fingerprint density at radius 2 is 2.24 bits per heavy atom. The minimum Gasteiger partial charge on any atom is -0.479 e. The topological polar surface area (TPSA) is 60.2 Å². The van der Waals surface area contributed by atoms with Crippen molar-refractivity contribution in [2.75, 3.05) is 18.2 Å². The lowest BCUT2D eigenvalue weighted by Gasteiger charge is -2.23. The van der Waals surface area contributed by atoms with Gasteiger partial charge < -0.3 is 15.8 Å². The van der Waals surface area contributed by atoms with Gasteiger partial charge in [-0.1, -0.05) is 6.42 Å². The van der Waals surface area contributed by atoms with Crippen LogP contribution in [-0.4, -0.2) is 18.1 Å². The van der Waals surface area contributed by atoms with Gasteiger partial charge in [0.1, 0.15) is 5.82 Å². The van der Waals surface area contributed by atoms with Crippen molar-refractivity contribution in [1.29, 1.82) is 0 Å². The zero-order valence-electron chi connectivity index (χ0n) is 10.1. The van der Waals surface area contributed by atoms with Gasteiger partial charge in [-0.05, 0) is 43.2 Å². The van der Waals surface area contributed by atoms with E-state index in [1.807, 2.05) is 12.1 Å². The number of nitrogens with zero attached hydrogens (tertiary/aromatic N) is 1. The molecule has 92 valence electrons. The molecule has 4 heteroatoms. The van der Waals surface area contributed by atoms with Crippen molar-refractivity contribution in [2.45, 2.75) is 31.7 Å². The van der Waals surface area contributed by atoms with Crippen molar-refractivity contribution in [3.05, 3.63) is 12.1 Å². The SMILES string of the molecule is COc1nc(NC2CC3CCC2C3)ccc1N. The Kier molecular flexibility index (Phi) is 2.57. The maximum atomic E-state index is 5.75. The number of hydrogen-bond acceptors (Lipinski definition) is 4. The van der Waals surface area contributed by atoms with Gasteiger partial charge in [-0.3, -0.25) is 0 Å². The molecule has 0 aliphatic heterocycles. The summed E-state index contributed by atoms with van der Waals surface area (Å²) < 4.78 is 5.14. The Morgan fingerprint density at radius 1 is 1.35 bits per heavy atom. The Bertz CT molecular complexity index is 421. The summed E-state index contributed by atoms with van der Waals surface area (Å²) in [5.74, 6) is 3.17. The zero-order valence-corrected chi connectivity index (χ0v) is 10.1. The van der Waals surface area contributed by atoms with Crippen LogP contribution in [0.4, 0.5) is 11.5 Å². The lowest BCUT2D eigenvalue weighted by molar-refractivity contribution is 0.399.